The summed E-state index contributed by atoms with van der Waals surface area (Å²) in [5.74, 6) is 0.361. The number of nitrogens with zero attached hydrogens (tertiary/aromatic N) is 3. The molecule has 2 fully saturated rings. The van der Waals surface area contributed by atoms with Crippen LogP contribution in [0.1, 0.15) is 42.5 Å². The predicted octanol–water partition coefficient (Wildman–Crippen LogP) is 1.84. The minimum Gasteiger partial charge on any atom is -0.377 e. The second kappa shape index (κ2) is 8.83. The SMILES string of the molecule is C=CC(=O)N1CC[C@@H](Nc2cnc3[nH]cc(C(=O)NC4CCCC4)c3n2)[C@@H](OC)C1. The van der Waals surface area contributed by atoms with Gasteiger partial charge in [0.2, 0.25) is 5.91 Å². The second-order valence-electron chi connectivity index (χ2n) is 7.91. The van der Waals surface area contributed by atoms with Crippen LogP contribution in [0, 0.1) is 0 Å². The number of rotatable bonds is 6. The number of hydrogen-bond acceptors (Lipinski definition) is 6. The monoisotopic (exact) mass is 412 g/mol. The molecule has 160 valence electrons. The molecule has 1 saturated heterocycles. The van der Waals surface area contributed by atoms with Gasteiger partial charge in [0.25, 0.3) is 5.91 Å². The number of amides is 2. The van der Waals surface area contributed by atoms with Crippen LogP contribution in [0.5, 0.6) is 0 Å². The van der Waals surface area contributed by atoms with E-state index in [0.717, 1.165) is 25.7 Å². The van der Waals surface area contributed by atoms with E-state index in [4.69, 9.17) is 4.74 Å². The lowest BCUT2D eigenvalue weighted by molar-refractivity contribution is -0.129. The number of aromatic nitrogens is 3. The molecule has 9 nitrogen and oxygen atoms in total. The molecule has 2 aliphatic rings. The van der Waals surface area contributed by atoms with Crippen molar-refractivity contribution < 1.29 is 14.3 Å². The van der Waals surface area contributed by atoms with E-state index in [1.165, 1.54) is 6.08 Å². The molecule has 2 aromatic rings. The third-order valence-corrected chi connectivity index (χ3v) is 6.00. The fourth-order valence-corrected chi connectivity index (χ4v) is 4.31. The van der Waals surface area contributed by atoms with Crippen molar-refractivity contribution in [3.8, 4) is 0 Å². The maximum atomic E-state index is 12.7. The summed E-state index contributed by atoms with van der Waals surface area (Å²) >= 11 is 0. The molecule has 0 aromatic carbocycles. The molecule has 1 aliphatic carbocycles. The van der Waals surface area contributed by atoms with Crippen molar-refractivity contribution in [2.24, 2.45) is 0 Å². The van der Waals surface area contributed by atoms with Gasteiger partial charge in [0.05, 0.1) is 23.9 Å². The highest BCUT2D eigenvalue weighted by Crippen LogP contribution is 2.22. The van der Waals surface area contributed by atoms with E-state index in [2.05, 4.69) is 32.2 Å². The number of fused-ring (bicyclic) bond motifs is 1. The molecule has 2 aromatic heterocycles. The zero-order valence-corrected chi connectivity index (χ0v) is 17.2. The summed E-state index contributed by atoms with van der Waals surface area (Å²) in [4.78, 5) is 38.4. The Morgan fingerprint density at radius 3 is 2.87 bits per heavy atom. The summed E-state index contributed by atoms with van der Waals surface area (Å²) in [7, 11) is 1.63. The Kier molecular flexibility index (Phi) is 5.98. The quantitative estimate of drug-likeness (QED) is 0.624. The first-order valence-corrected chi connectivity index (χ1v) is 10.4. The molecule has 0 unspecified atom stereocenters. The van der Waals surface area contributed by atoms with Crippen molar-refractivity contribution in [2.45, 2.75) is 50.3 Å². The smallest absolute Gasteiger partial charge is 0.255 e. The van der Waals surface area contributed by atoms with Crippen LogP contribution in [0.2, 0.25) is 0 Å². The van der Waals surface area contributed by atoms with Crippen molar-refractivity contribution >= 4 is 28.8 Å². The second-order valence-corrected chi connectivity index (χ2v) is 7.91. The van der Waals surface area contributed by atoms with E-state index < -0.39 is 0 Å². The number of piperidine rings is 1. The lowest BCUT2D eigenvalue weighted by atomic mass is 10.0. The Hall–Kier alpha value is -2.94. The zero-order valence-electron chi connectivity index (χ0n) is 17.2. The molecule has 2 amide bonds. The van der Waals surface area contributed by atoms with Crippen molar-refractivity contribution in [3.63, 3.8) is 0 Å². The van der Waals surface area contributed by atoms with Crippen molar-refractivity contribution in [1.29, 1.82) is 0 Å². The minimum absolute atomic E-state index is 0.0228. The lowest BCUT2D eigenvalue weighted by Crippen LogP contribution is -2.52. The lowest BCUT2D eigenvalue weighted by Gasteiger charge is -2.37. The van der Waals surface area contributed by atoms with Crippen LogP contribution in [0.4, 0.5) is 5.82 Å². The van der Waals surface area contributed by atoms with Crippen LogP contribution in [-0.2, 0) is 9.53 Å². The Balaban J connectivity index is 1.48. The van der Waals surface area contributed by atoms with Crippen molar-refractivity contribution in [1.82, 2.24) is 25.2 Å². The average Bonchev–Trinajstić information content (AvgIpc) is 3.42. The van der Waals surface area contributed by atoms with Crippen LogP contribution in [0.3, 0.4) is 0 Å². The van der Waals surface area contributed by atoms with Gasteiger partial charge in [-0.15, -0.1) is 0 Å². The van der Waals surface area contributed by atoms with Gasteiger partial charge in [-0.2, -0.15) is 0 Å². The Bertz CT molecular complexity index is 936. The highest BCUT2D eigenvalue weighted by atomic mass is 16.5. The Morgan fingerprint density at radius 2 is 2.13 bits per heavy atom. The largest absolute Gasteiger partial charge is 0.377 e. The summed E-state index contributed by atoms with van der Waals surface area (Å²) in [5, 5.41) is 6.47. The summed E-state index contributed by atoms with van der Waals surface area (Å²) in [6, 6.07) is 0.216. The number of ether oxygens (including phenoxy) is 1. The van der Waals surface area contributed by atoms with Crippen LogP contribution in [0.25, 0.3) is 11.2 Å². The summed E-state index contributed by atoms with van der Waals surface area (Å²) in [6.45, 7) is 4.64. The summed E-state index contributed by atoms with van der Waals surface area (Å²) in [5.41, 5.74) is 1.62. The van der Waals surface area contributed by atoms with Crippen LogP contribution >= 0.6 is 0 Å². The topological polar surface area (TPSA) is 112 Å². The van der Waals surface area contributed by atoms with Gasteiger partial charge >= 0.3 is 0 Å². The molecule has 2 atom stereocenters. The summed E-state index contributed by atoms with van der Waals surface area (Å²) < 4.78 is 5.60. The molecule has 0 radical (unpaired) electrons. The fraction of sp³-hybridized carbons (Fsp3) is 0.524. The number of carbonyl (C=O) groups excluding carboxylic acids is 2. The number of carbonyl (C=O) groups is 2. The van der Waals surface area contributed by atoms with Gasteiger partial charge in [0, 0.05) is 32.4 Å². The van der Waals surface area contributed by atoms with E-state index in [-0.39, 0.29) is 30.0 Å². The van der Waals surface area contributed by atoms with Crippen LogP contribution < -0.4 is 10.6 Å². The number of likely N-dealkylation sites (tertiary alicyclic amines) is 1. The normalized spacial score (nSPS) is 22.2. The molecular weight excluding hydrogens is 384 g/mol. The number of anilines is 1. The van der Waals surface area contributed by atoms with Crippen molar-refractivity contribution in [3.05, 3.63) is 30.6 Å². The maximum Gasteiger partial charge on any atom is 0.255 e. The van der Waals surface area contributed by atoms with Crippen molar-refractivity contribution in [2.75, 3.05) is 25.5 Å². The third-order valence-electron chi connectivity index (χ3n) is 6.00. The molecule has 1 aliphatic heterocycles. The number of hydrogen-bond donors (Lipinski definition) is 3. The predicted molar refractivity (Wildman–Crippen MR) is 113 cm³/mol. The van der Waals surface area contributed by atoms with Gasteiger partial charge in [-0.05, 0) is 25.3 Å². The molecule has 9 heteroatoms. The Morgan fingerprint density at radius 1 is 1.33 bits per heavy atom. The van der Waals surface area contributed by atoms with Crippen LogP contribution in [-0.4, -0.2) is 70.1 Å². The fourth-order valence-electron chi connectivity index (χ4n) is 4.31. The first-order chi connectivity index (χ1) is 14.6. The summed E-state index contributed by atoms with van der Waals surface area (Å²) in [6.07, 6.45) is 9.52. The average molecular weight is 412 g/mol. The Labute approximate surface area is 175 Å². The molecule has 4 rings (SSSR count). The molecule has 0 spiro atoms. The standard InChI is InChI=1S/C21H28N6O3/c1-3-18(28)27-9-8-15(16(12-27)30-2)25-17-11-23-20-19(26-17)14(10-22-20)21(29)24-13-6-4-5-7-13/h3,10-11,13,15-16H,1,4-9,12H2,2H3,(H,22,23)(H,24,29)(H,25,26)/t15-,16+/m1/s1. The highest BCUT2D eigenvalue weighted by molar-refractivity contribution is 6.04. The first-order valence-electron chi connectivity index (χ1n) is 10.4. The number of nitrogens with one attached hydrogen (secondary N) is 3. The van der Waals surface area contributed by atoms with E-state index >= 15 is 0 Å². The van der Waals surface area contributed by atoms with E-state index in [9.17, 15) is 9.59 Å². The highest BCUT2D eigenvalue weighted by Gasteiger charge is 2.31. The van der Waals surface area contributed by atoms with Gasteiger partial charge in [0.1, 0.15) is 11.3 Å². The zero-order chi connectivity index (χ0) is 21.1. The molecule has 3 N–H and O–H groups in total. The molecular formula is C21H28N6O3. The van der Waals surface area contributed by atoms with Gasteiger partial charge in [0.15, 0.2) is 5.65 Å². The minimum atomic E-state index is -0.184. The number of methoxy groups -OCH3 is 1. The van der Waals surface area contributed by atoms with E-state index in [0.29, 0.717) is 42.1 Å². The molecule has 30 heavy (non-hydrogen) atoms. The van der Waals surface area contributed by atoms with E-state index in [1.807, 2.05) is 0 Å². The van der Waals surface area contributed by atoms with Gasteiger partial charge in [-0.3, -0.25) is 9.59 Å². The number of aromatic amines is 1. The first kappa shape index (κ1) is 20.3. The van der Waals surface area contributed by atoms with Gasteiger partial charge < -0.3 is 25.3 Å². The molecule has 0 bridgehead atoms. The van der Waals surface area contributed by atoms with Crippen LogP contribution in [0.15, 0.2) is 25.0 Å². The van der Waals surface area contributed by atoms with Gasteiger partial charge in [-0.25, -0.2) is 9.97 Å². The third kappa shape index (κ3) is 4.16. The van der Waals surface area contributed by atoms with Gasteiger partial charge in [-0.1, -0.05) is 19.4 Å². The maximum absolute atomic E-state index is 12.7. The molecule has 3 heterocycles. The van der Waals surface area contributed by atoms with E-state index in [1.54, 1.807) is 24.4 Å². The number of H-pyrrole nitrogens is 1. The molecule has 1 saturated carbocycles.